The van der Waals surface area contributed by atoms with Crippen LogP contribution in [0.25, 0.3) is 0 Å². The third-order valence-corrected chi connectivity index (χ3v) is 2.99. The Labute approximate surface area is 111 Å². The molecule has 0 heterocycles. The number of carbonyl (C=O) groups excluding carboxylic acids is 1. The van der Waals surface area contributed by atoms with Gasteiger partial charge in [0.2, 0.25) is 5.91 Å². The van der Waals surface area contributed by atoms with Crippen LogP contribution in [0, 0.1) is 11.3 Å². The summed E-state index contributed by atoms with van der Waals surface area (Å²) in [7, 11) is 0. The van der Waals surface area contributed by atoms with E-state index in [2.05, 4.69) is 11.4 Å². The lowest BCUT2D eigenvalue weighted by atomic mass is 10.2. The van der Waals surface area contributed by atoms with Crippen molar-refractivity contribution in [2.24, 2.45) is 0 Å². The van der Waals surface area contributed by atoms with Crippen molar-refractivity contribution in [2.45, 2.75) is 6.92 Å². The van der Waals surface area contributed by atoms with Crippen LogP contribution in [0.1, 0.15) is 12.5 Å². The lowest BCUT2D eigenvalue weighted by Crippen LogP contribution is -2.24. The van der Waals surface area contributed by atoms with Gasteiger partial charge in [-0.15, -0.1) is 11.8 Å². The first-order valence-electron chi connectivity index (χ1n) is 5.73. The standard InChI is InChI=1S/C13H16N2O2S/c1-2-15-13(16)10-18-7-6-17-12-5-3-4-11(8-12)9-14/h3-5,8H,2,6-7,10H2,1H3,(H,15,16). The Kier molecular flexibility index (Phi) is 6.74. The maximum Gasteiger partial charge on any atom is 0.229 e. The zero-order valence-electron chi connectivity index (χ0n) is 10.3. The van der Waals surface area contributed by atoms with Gasteiger partial charge in [0.05, 0.1) is 24.0 Å². The molecule has 1 aromatic rings. The minimum atomic E-state index is 0.0500. The maximum absolute atomic E-state index is 11.2. The fraction of sp³-hybridized carbons (Fsp3) is 0.385. The quantitative estimate of drug-likeness (QED) is 0.763. The van der Waals surface area contributed by atoms with Gasteiger partial charge in [0.25, 0.3) is 0 Å². The topological polar surface area (TPSA) is 62.1 Å². The Morgan fingerprint density at radius 3 is 3.11 bits per heavy atom. The summed E-state index contributed by atoms with van der Waals surface area (Å²) in [6.45, 7) is 3.09. The van der Waals surface area contributed by atoms with Crippen molar-refractivity contribution in [3.8, 4) is 11.8 Å². The van der Waals surface area contributed by atoms with E-state index in [1.54, 1.807) is 18.2 Å². The summed E-state index contributed by atoms with van der Waals surface area (Å²) in [6, 6.07) is 9.10. The second-order valence-corrected chi connectivity index (χ2v) is 4.60. The number of carbonyl (C=O) groups is 1. The predicted octanol–water partition coefficient (Wildman–Crippen LogP) is 1.81. The molecule has 0 aliphatic heterocycles. The van der Waals surface area contributed by atoms with E-state index < -0.39 is 0 Å². The smallest absolute Gasteiger partial charge is 0.229 e. The highest BCUT2D eigenvalue weighted by Gasteiger charge is 2.00. The Bertz CT molecular complexity index is 429. The van der Waals surface area contributed by atoms with E-state index in [-0.39, 0.29) is 5.91 Å². The SMILES string of the molecule is CCNC(=O)CSCCOc1cccc(C#N)c1. The summed E-state index contributed by atoms with van der Waals surface area (Å²) >= 11 is 1.53. The Morgan fingerprint density at radius 1 is 1.56 bits per heavy atom. The molecule has 0 bridgehead atoms. The van der Waals surface area contributed by atoms with Crippen molar-refractivity contribution < 1.29 is 9.53 Å². The van der Waals surface area contributed by atoms with Crippen LogP contribution >= 0.6 is 11.8 Å². The van der Waals surface area contributed by atoms with Crippen molar-refractivity contribution >= 4 is 17.7 Å². The number of nitrogens with zero attached hydrogens (tertiary/aromatic N) is 1. The van der Waals surface area contributed by atoms with Crippen LogP contribution in [-0.4, -0.2) is 30.6 Å². The van der Waals surface area contributed by atoms with Crippen molar-refractivity contribution in [3.63, 3.8) is 0 Å². The Balaban J connectivity index is 2.18. The summed E-state index contributed by atoms with van der Waals surface area (Å²) < 4.78 is 5.49. The van der Waals surface area contributed by atoms with Crippen LogP contribution in [0.4, 0.5) is 0 Å². The molecule has 0 radical (unpaired) electrons. The summed E-state index contributed by atoms with van der Waals surface area (Å²) in [5.41, 5.74) is 0.586. The highest BCUT2D eigenvalue weighted by atomic mass is 32.2. The number of hydrogen-bond acceptors (Lipinski definition) is 4. The molecule has 5 heteroatoms. The van der Waals surface area contributed by atoms with E-state index in [9.17, 15) is 4.79 Å². The third kappa shape index (κ3) is 5.60. The Hall–Kier alpha value is -1.67. The van der Waals surface area contributed by atoms with Crippen LogP contribution < -0.4 is 10.1 Å². The fourth-order valence-electron chi connectivity index (χ4n) is 1.29. The number of benzene rings is 1. The van der Waals surface area contributed by atoms with Crippen molar-refractivity contribution in [1.29, 1.82) is 5.26 Å². The van der Waals surface area contributed by atoms with Gasteiger partial charge in [-0.3, -0.25) is 4.79 Å². The molecule has 0 saturated heterocycles. The molecule has 0 fully saturated rings. The van der Waals surface area contributed by atoms with Crippen LogP contribution in [-0.2, 0) is 4.79 Å². The van der Waals surface area contributed by atoms with E-state index in [0.717, 1.165) is 5.75 Å². The highest BCUT2D eigenvalue weighted by molar-refractivity contribution is 7.99. The molecule has 0 atom stereocenters. The Morgan fingerprint density at radius 2 is 2.39 bits per heavy atom. The molecule has 1 rings (SSSR count). The number of nitrogens with one attached hydrogen (secondary N) is 1. The number of nitriles is 1. The normalized spacial score (nSPS) is 9.56. The lowest BCUT2D eigenvalue weighted by Gasteiger charge is -2.06. The minimum Gasteiger partial charge on any atom is -0.493 e. The molecule has 0 spiro atoms. The van der Waals surface area contributed by atoms with Gasteiger partial charge in [0.1, 0.15) is 5.75 Å². The molecule has 1 N–H and O–H groups in total. The zero-order valence-corrected chi connectivity index (χ0v) is 11.1. The molecule has 4 nitrogen and oxygen atoms in total. The molecular formula is C13H16N2O2S. The van der Waals surface area contributed by atoms with Crippen molar-refractivity contribution in [3.05, 3.63) is 29.8 Å². The average Bonchev–Trinajstić information content (AvgIpc) is 2.39. The van der Waals surface area contributed by atoms with Crippen LogP contribution in [0.2, 0.25) is 0 Å². The van der Waals surface area contributed by atoms with Gasteiger partial charge in [-0.2, -0.15) is 5.26 Å². The van der Waals surface area contributed by atoms with Gasteiger partial charge in [-0.25, -0.2) is 0 Å². The van der Waals surface area contributed by atoms with E-state index in [1.807, 2.05) is 13.0 Å². The second-order valence-electron chi connectivity index (χ2n) is 3.49. The van der Waals surface area contributed by atoms with Gasteiger partial charge < -0.3 is 10.1 Å². The van der Waals surface area contributed by atoms with Gasteiger partial charge in [-0.05, 0) is 25.1 Å². The van der Waals surface area contributed by atoms with Crippen LogP contribution in [0.15, 0.2) is 24.3 Å². The highest BCUT2D eigenvalue weighted by Crippen LogP contribution is 2.13. The lowest BCUT2D eigenvalue weighted by molar-refractivity contribution is -0.118. The van der Waals surface area contributed by atoms with Crippen LogP contribution in [0.5, 0.6) is 5.75 Å². The maximum atomic E-state index is 11.2. The summed E-state index contributed by atoms with van der Waals surface area (Å²) in [5.74, 6) is 1.94. The van der Waals surface area contributed by atoms with E-state index in [1.165, 1.54) is 11.8 Å². The van der Waals surface area contributed by atoms with Crippen LogP contribution in [0.3, 0.4) is 0 Å². The van der Waals surface area contributed by atoms with Gasteiger partial charge in [-0.1, -0.05) is 6.07 Å². The number of thioether (sulfide) groups is 1. The van der Waals surface area contributed by atoms with E-state index >= 15 is 0 Å². The molecule has 0 aliphatic rings. The molecule has 96 valence electrons. The second kappa shape index (κ2) is 8.43. The largest absolute Gasteiger partial charge is 0.493 e. The van der Waals surface area contributed by atoms with Gasteiger partial charge in [0.15, 0.2) is 0 Å². The summed E-state index contributed by atoms with van der Waals surface area (Å²) in [6.07, 6.45) is 0. The molecule has 18 heavy (non-hydrogen) atoms. The average molecular weight is 264 g/mol. The number of hydrogen-bond donors (Lipinski definition) is 1. The first kappa shape index (κ1) is 14.4. The number of rotatable bonds is 7. The van der Waals surface area contributed by atoms with Crippen molar-refractivity contribution in [2.75, 3.05) is 24.7 Å². The minimum absolute atomic E-state index is 0.0500. The molecule has 0 aromatic heterocycles. The summed E-state index contributed by atoms with van der Waals surface area (Å²) in [5, 5.41) is 11.5. The third-order valence-electron chi connectivity index (χ3n) is 2.07. The van der Waals surface area contributed by atoms with Gasteiger partial charge in [0, 0.05) is 12.3 Å². The number of ether oxygens (including phenoxy) is 1. The monoisotopic (exact) mass is 264 g/mol. The number of amides is 1. The molecular weight excluding hydrogens is 248 g/mol. The fourth-order valence-corrected chi connectivity index (χ4v) is 1.92. The summed E-state index contributed by atoms with van der Waals surface area (Å²) in [4.78, 5) is 11.2. The predicted molar refractivity (Wildman–Crippen MR) is 72.7 cm³/mol. The van der Waals surface area contributed by atoms with Crippen molar-refractivity contribution in [1.82, 2.24) is 5.32 Å². The molecule has 0 saturated carbocycles. The molecule has 1 aromatic carbocycles. The zero-order chi connectivity index (χ0) is 13.2. The molecule has 1 amide bonds. The van der Waals surface area contributed by atoms with E-state index in [4.69, 9.17) is 10.00 Å². The first-order chi connectivity index (χ1) is 8.76. The first-order valence-corrected chi connectivity index (χ1v) is 6.89. The van der Waals surface area contributed by atoms with E-state index in [0.29, 0.717) is 30.2 Å². The molecule has 0 unspecified atom stereocenters. The van der Waals surface area contributed by atoms with Gasteiger partial charge >= 0.3 is 0 Å². The molecule has 0 aliphatic carbocycles.